The van der Waals surface area contributed by atoms with Gasteiger partial charge in [-0.2, -0.15) is 0 Å². The highest BCUT2D eigenvalue weighted by Crippen LogP contribution is 2.42. The summed E-state index contributed by atoms with van der Waals surface area (Å²) < 4.78 is 11.4. The van der Waals surface area contributed by atoms with Crippen molar-refractivity contribution in [2.75, 3.05) is 6.54 Å². The van der Waals surface area contributed by atoms with E-state index in [9.17, 15) is 0 Å². The van der Waals surface area contributed by atoms with Crippen LogP contribution in [0.3, 0.4) is 0 Å². The smallest absolute Gasteiger partial charge is 0.143 e. The van der Waals surface area contributed by atoms with Crippen LogP contribution in [0.5, 0.6) is 0 Å². The Morgan fingerprint density at radius 3 is 1.92 bits per heavy atom. The van der Waals surface area contributed by atoms with Crippen LogP contribution in [0.15, 0.2) is 186 Å². The molecule has 0 saturated carbocycles. The molecule has 4 heteroatoms. The summed E-state index contributed by atoms with van der Waals surface area (Å²) in [5.41, 5.74) is 19.1. The second kappa shape index (κ2) is 13.1. The highest BCUT2D eigenvalue weighted by Gasteiger charge is 2.24. The number of nitrogens with zero attached hydrogens (tertiary/aromatic N) is 2. The van der Waals surface area contributed by atoms with Gasteiger partial charge in [0.25, 0.3) is 0 Å². The molecule has 1 N–H and O–H groups in total. The van der Waals surface area contributed by atoms with Crippen molar-refractivity contribution in [3.63, 3.8) is 0 Å². The first-order chi connectivity index (χ1) is 29.7. The van der Waals surface area contributed by atoms with E-state index < -0.39 is 0 Å². The molecule has 284 valence electrons. The SMILES string of the molecule is C1=Cc2c(c3cc(-c4cccc(-c5ccc6c(c5)c5cc(-c7cccc8c7oc7ccccc78)ccc5n6-c5ccccc5)c4)ccc3n2-c2cccc(C3CN3)c2)CC1. The quantitative estimate of drug-likeness (QED) is 0.171. The zero-order chi connectivity index (χ0) is 39.3. The Bertz CT molecular complexity index is 3560. The molecule has 1 atom stereocenters. The largest absolute Gasteiger partial charge is 0.455 e. The molecule has 11 aromatic rings. The summed E-state index contributed by atoms with van der Waals surface area (Å²) in [4.78, 5) is 0. The maximum Gasteiger partial charge on any atom is 0.143 e. The van der Waals surface area contributed by atoms with Crippen molar-refractivity contribution in [2.45, 2.75) is 18.9 Å². The van der Waals surface area contributed by atoms with Crippen LogP contribution in [0.4, 0.5) is 0 Å². The van der Waals surface area contributed by atoms with Crippen LogP contribution in [0, 0.1) is 0 Å². The summed E-state index contributed by atoms with van der Waals surface area (Å²) >= 11 is 0. The number of hydrogen-bond donors (Lipinski definition) is 1. The van der Waals surface area contributed by atoms with Crippen LogP contribution in [0.1, 0.15) is 29.3 Å². The molecule has 0 bridgehead atoms. The fourth-order valence-corrected chi connectivity index (χ4v) is 9.95. The average Bonchev–Trinajstić information content (AvgIpc) is 3.92. The molecule has 1 aliphatic carbocycles. The molecule has 60 heavy (non-hydrogen) atoms. The standard InChI is InChI=1S/C56H39N3O/c1-2-14-41(15-3-1)58-53-27-24-38(32-48(53)49-33-39(25-28-54(49)58)43-19-10-20-46-45-18-5-7-22-55(45)60-56(43)46)36-12-8-11-35(29-36)37-23-26-52-47(31-37)44-17-4-6-21-51(44)59(52)42-16-9-13-40(30-42)50-34-57-50/h1-3,5-16,18-33,50,57H,4,17,34H2. The Kier molecular flexibility index (Phi) is 7.30. The van der Waals surface area contributed by atoms with Crippen LogP contribution >= 0.6 is 0 Å². The summed E-state index contributed by atoms with van der Waals surface area (Å²) in [6.45, 7) is 1.06. The minimum Gasteiger partial charge on any atom is -0.455 e. The molecule has 0 radical (unpaired) electrons. The van der Waals surface area contributed by atoms with E-state index in [1.54, 1.807) is 0 Å². The molecule has 3 aromatic heterocycles. The summed E-state index contributed by atoms with van der Waals surface area (Å²) in [5.74, 6) is 0. The molecular weight excluding hydrogens is 731 g/mol. The van der Waals surface area contributed by atoms with Crippen molar-refractivity contribution in [2.24, 2.45) is 0 Å². The van der Waals surface area contributed by atoms with Gasteiger partial charge in [-0.25, -0.2) is 0 Å². The fraction of sp³-hybridized carbons (Fsp3) is 0.0714. The van der Waals surface area contributed by atoms with Crippen LogP contribution in [-0.2, 0) is 6.42 Å². The van der Waals surface area contributed by atoms with E-state index in [1.807, 2.05) is 6.07 Å². The molecule has 4 nitrogen and oxygen atoms in total. The number of aryl methyl sites for hydroxylation is 1. The molecule has 0 spiro atoms. The maximum atomic E-state index is 6.51. The lowest BCUT2D eigenvalue weighted by Crippen LogP contribution is -2.01. The van der Waals surface area contributed by atoms with Gasteiger partial charge in [-0.05, 0) is 131 Å². The number of furan rings is 1. The van der Waals surface area contributed by atoms with E-state index in [4.69, 9.17) is 4.42 Å². The van der Waals surface area contributed by atoms with Crippen LogP contribution < -0.4 is 5.32 Å². The second-order valence-corrected chi connectivity index (χ2v) is 16.4. The van der Waals surface area contributed by atoms with Crippen LogP contribution in [0.2, 0.25) is 0 Å². The minimum absolute atomic E-state index is 0.474. The molecule has 0 amide bonds. The van der Waals surface area contributed by atoms with Crippen molar-refractivity contribution in [3.05, 3.63) is 199 Å². The summed E-state index contributed by atoms with van der Waals surface area (Å²) in [6, 6.07) is 65.0. The van der Waals surface area contributed by atoms with Crippen molar-refractivity contribution in [1.29, 1.82) is 0 Å². The molecule has 13 rings (SSSR count). The molecule has 8 aromatic carbocycles. The Hall–Kier alpha value is -7.40. The lowest BCUT2D eigenvalue weighted by molar-refractivity contribution is 0.670. The Morgan fingerprint density at radius 1 is 0.483 bits per heavy atom. The monoisotopic (exact) mass is 769 g/mol. The highest BCUT2D eigenvalue weighted by molar-refractivity contribution is 6.14. The molecule has 1 saturated heterocycles. The highest BCUT2D eigenvalue weighted by atomic mass is 16.3. The maximum absolute atomic E-state index is 6.51. The number of hydrogen-bond acceptors (Lipinski definition) is 2. The Labute approximate surface area is 347 Å². The number of allylic oxidation sites excluding steroid dienone is 1. The lowest BCUT2D eigenvalue weighted by Gasteiger charge is -2.13. The normalized spacial score (nSPS) is 14.8. The number of fused-ring (bicyclic) bond motifs is 9. The molecule has 1 aliphatic heterocycles. The van der Waals surface area contributed by atoms with Crippen molar-refractivity contribution in [3.8, 4) is 44.8 Å². The van der Waals surface area contributed by atoms with E-state index in [-0.39, 0.29) is 0 Å². The Morgan fingerprint density at radius 2 is 1.12 bits per heavy atom. The fourth-order valence-electron chi connectivity index (χ4n) is 9.95. The first-order valence-electron chi connectivity index (χ1n) is 21.1. The third-order valence-electron chi connectivity index (χ3n) is 12.9. The van der Waals surface area contributed by atoms with Gasteiger partial charge in [-0.3, -0.25) is 0 Å². The van der Waals surface area contributed by atoms with Gasteiger partial charge in [-0.1, -0.05) is 109 Å². The molecule has 1 fully saturated rings. The molecule has 2 aliphatic rings. The van der Waals surface area contributed by atoms with E-state index in [2.05, 4.69) is 196 Å². The van der Waals surface area contributed by atoms with Crippen LogP contribution in [0.25, 0.3) is 105 Å². The predicted molar refractivity (Wildman–Crippen MR) is 249 cm³/mol. The zero-order valence-corrected chi connectivity index (χ0v) is 32.9. The van der Waals surface area contributed by atoms with E-state index >= 15 is 0 Å². The van der Waals surface area contributed by atoms with E-state index in [0.717, 1.165) is 58.1 Å². The summed E-state index contributed by atoms with van der Waals surface area (Å²) in [5, 5.41) is 9.54. The second-order valence-electron chi connectivity index (χ2n) is 16.4. The van der Waals surface area contributed by atoms with Crippen LogP contribution in [-0.4, -0.2) is 15.7 Å². The van der Waals surface area contributed by atoms with Gasteiger partial charge in [0.1, 0.15) is 11.2 Å². The summed E-state index contributed by atoms with van der Waals surface area (Å²) in [7, 11) is 0. The van der Waals surface area contributed by atoms with Crippen molar-refractivity contribution >= 4 is 60.7 Å². The number of benzene rings is 8. The van der Waals surface area contributed by atoms with Gasteiger partial charge >= 0.3 is 0 Å². The lowest BCUT2D eigenvalue weighted by atomic mass is 9.95. The van der Waals surface area contributed by atoms with Gasteiger partial charge in [0.15, 0.2) is 0 Å². The number of aromatic nitrogens is 2. The van der Waals surface area contributed by atoms with Gasteiger partial charge in [0, 0.05) is 62.1 Å². The topological polar surface area (TPSA) is 44.9 Å². The summed E-state index contributed by atoms with van der Waals surface area (Å²) in [6.07, 6.45) is 6.77. The molecular formula is C56H39N3O. The van der Waals surface area contributed by atoms with Gasteiger partial charge in [0.2, 0.25) is 0 Å². The predicted octanol–water partition coefficient (Wildman–Crippen LogP) is 14.2. The molecule has 1 unspecified atom stereocenters. The van der Waals surface area contributed by atoms with Gasteiger partial charge < -0.3 is 18.9 Å². The zero-order valence-electron chi connectivity index (χ0n) is 32.9. The van der Waals surface area contributed by atoms with Crippen molar-refractivity contribution < 1.29 is 4.42 Å². The third-order valence-corrected chi connectivity index (χ3v) is 12.9. The number of nitrogens with one attached hydrogen (secondary N) is 1. The average molecular weight is 770 g/mol. The first kappa shape index (κ1) is 33.6. The Balaban J connectivity index is 0.943. The van der Waals surface area contributed by atoms with Gasteiger partial charge in [0.05, 0.1) is 16.6 Å². The number of rotatable bonds is 6. The number of para-hydroxylation sites is 3. The van der Waals surface area contributed by atoms with Gasteiger partial charge in [-0.15, -0.1) is 0 Å². The minimum atomic E-state index is 0.474. The van der Waals surface area contributed by atoms with E-state index in [0.29, 0.717) is 6.04 Å². The van der Waals surface area contributed by atoms with E-state index in [1.165, 1.54) is 77.5 Å². The van der Waals surface area contributed by atoms with Crippen molar-refractivity contribution in [1.82, 2.24) is 14.5 Å². The first-order valence-corrected chi connectivity index (χ1v) is 21.1. The molecule has 4 heterocycles. The third kappa shape index (κ3) is 5.21.